The van der Waals surface area contributed by atoms with Gasteiger partial charge in [-0.3, -0.25) is 0 Å². The Labute approximate surface area is 74.8 Å². The first-order chi connectivity index (χ1) is 5.54. The molecule has 2 atom stereocenters. The van der Waals surface area contributed by atoms with Gasteiger partial charge in [0.2, 0.25) is 0 Å². The van der Waals surface area contributed by atoms with Crippen molar-refractivity contribution < 1.29 is 4.59 Å². The molecule has 0 aromatic rings. The Kier molecular flexibility index (Phi) is 1.76. The van der Waals surface area contributed by atoms with E-state index >= 15 is 0 Å². The van der Waals surface area contributed by atoms with E-state index in [1.807, 2.05) is 0 Å². The van der Waals surface area contributed by atoms with Crippen LogP contribution in [0.3, 0.4) is 0 Å². The molecular formula is C10H19N2+. The van der Waals surface area contributed by atoms with E-state index in [0.717, 1.165) is 16.4 Å². The third kappa shape index (κ3) is 1.53. The summed E-state index contributed by atoms with van der Waals surface area (Å²) in [4.78, 5) is 0. The van der Waals surface area contributed by atoms with Crippen molar-refractivity contribution in [3.8, 4) is 0 Å². The molecule has 12 heavy (non-hydrogen) atoms. The first kappa shape index (κ1) is 8.24. The maximum absolute atomic E-state index is 4.75. The Hall–Kier alpha value is -0.370. The van der Waals surface area contributed by atoms with Crippen LogP contribution in [-0.4, -0.2) is 31.4 Å². The van der Waals surface area contributed by atoms with Crippen molar-refractivity contribution in [3.63, 3.8) is 0 Å². The molecule has 2 aliphatic rings. The van der Waals surface area contributed by atoms with Gasteiger partial charge in [-0.25, -0.2) is 4.59 Å². The minimum Gasteiger partial charge on any atom is -0.205 e. The molecule has 0 spiro atoms. The molecule has 2 bridgehead atoms. The maximum Gasteiger partial charge on any atom is 0.0923 e. The Morgan fingerprint density at radius 2 is 2.00 bits per heavy atom. The minimum atomic E-state index is 0.749. The SMILES string of the molecule is C[N+](C)(C)/N=C1/CC2CCC1C2. The standard InChI is InChI=1S/C10H19N2/c1-12(2,3)11-10-7-8-4-5-9(10)6-8/h8-9H,4-7H2,1-3H3/q+1/b11-10-. The third-order valence-corrected chi connectivity index (χ3v) is 2.94. The Balaban J connectivity index is 2.12. The molecule has 0 heterocycles. The predicted octanol–water partition coefficient (Wildman–Crippen LogP) is 1.87. The molecule has 0 amide bonds. The number of rotatable bonds is 1. The second kappa shape index (κ2) is 2.56. The smallest absolute Gasteiger partial charge is 0.0923 e. The monoisotopic (exact) mass is 167 g/mol. The van der Waals surface area contributed by atoms with Gasteiger partial charge < -0.3 is 0 Å². The largest absolute Gasteiger partial charge is 0.205 e. The second-order valence-electron chi connectivity index (χ2n) is 5.11. The summed E-state index contributed by atoms with van der Waals surface area (Å²) in [5.41, 5.74) is 1.50. The third-order valence-electron chi connectivity index (χ3n) is 2.94. The quantitative estimate of drug-likeness (QED) is 0.417. The lowest BCUT2D eigenvalue weighted by molar-refractivity contribution is -0.877. The van der Waals surface area contributed by atoms with Gasteiger partial charge in [-0.1, -0.05) is 5.10 Å². The highest BCUT2D eigenvalue weighted by molar-refractivity contribution is 5.89. The summed E-state index contributed by atoms with van der Waals surface area (Å²) in [5, 5.41) is 4.75. The first-order valence-electron chi connectivity index (χ1n) is 4.95. The fourth-order valence-corrected chi connectivity index (χ4v) is 2.53. The van der Waals surface area contributed by atoms with E-state index in [4.69, 9.17) is 5.10 Å². The fraction of sp³-hybridized carbons (Fsp3) is 0.900. The van der Waals surface area contributed by atoms with Gasteiger partial charge in [0.1, 0.15) is 0 Å². The molecule has 2 aliphatic carbocycles. The molecule has 0 radical (unpaired) electrons. The van der Waals surface area contributed by atoms with Crippen LogP contribution >= 0.6 is 0 Å². The normalized spacial score (nSPS) is 38.1. The average molecular weight is 167 g/mol. The highest BCUT2D eigenvalue weighted by atomic mass is 15.6. The topological polar surface area (TPSA) is 12.4 Å². The van der Waals surface area contributed by atoms with Crippen molar-refractivity contribution in [3.05, 3.63) is 0 Å². The lowest BCUT2D eigenvalue weighted by atomic mass is 9.99. The molecule has 0 aliphatic heterocycles. The summed E-state index contributed by atoms with van der Waals surface area (Å²) >= 11 is 0. The molecular weight excluding hydrogens is 148 g/mol. The maximum atomic E-state index is 4.75. The van der Waals surface area contributed by atoms with Crippen LogP contribution in [-0.2, 0) is 0 Å². The summed E-state index contributed by atoms with van der Waals surface area (Å²) < 4.78 is 0.749. The molecule has 2 heteroatoms. The molecule has 2 unspecified atom stereocenters. The second-order valence-corrected chi connectivity index (χ2v) is 5.11. The molecule has 2 rings (SSSR count). The predicted molar refractivity (Wildman–Crippen MR) is 50.9 cm³/mol. The highest BCUT2D eigenvalue weighted by Gasteiger charge is 2.38. The average Bonchev–Trinajstić information content (AvgIpc) is 2.42. The van der Waals surface area contributed by atoms with Gasteiger partial charge in [0, 0.05) is 5.92 Å². The first-order valence-corrected chi connectivity index (χ1v) is 4.95. The van der Waals surface area contributed by atoms with Crippen LogP contribution in [0.15, 0.2) is 5.10 Å². The van der Waals surface area contributed by atoms with Crippen LogP contribution < -0.4 is 0 Å². The zero-order chi connectivity index (χ0) is 8.77. The molecule has 0 saturated heterocycles. The van der Waals surface area contributed by atoms with Crippen molar-refractivity contribution in [1.29, 1.82) is 0 Å². The molecule has 2 fully saturated rings. The molecule has 2 saturated carbocycles. The number of hydrogen-bond donors (Lipinski definition) is 0. The van der Waals surface area contributed by atoms with E-state index in [1.54, 1.807) is 0 Å². The lowest BCUT2D eigenvalue weighted by Gasteiger charge is -2.19. The van der Waals surface area contributed by atoms with Crippen LogP contribution in [0.4, 0.5) is 0 Å². The summed E-state index contributed by atoms with van der Waals surface area (Å²) in [5.74, 6) is 1.84. The molecule has 0 aromatic carbocycles. The van der Waals surface area contributed by atoms with Crippen molar-refractivity contribution in [1.82, 2.24) is 0 Å². The van der Waals surface area contributed by atoms with Crippen LogP contribution in [0.25, 0.3) is 0 Å². The number of fused-ring (bicyclic) bond motifs is 2. The fourth-order valence-electron chi connectivity index (χ4n) is 2.53. The van der Waals surface area contributed by atoms with Gasteiger partial charge in [0.25, 0.3) is 0 Å². The van der Waals surface area contributed by atoms with Crippen LogP contribution in [0.5, 0.6) is 0 Å². The van der Waals surface area contributed by atoms with Gasteiger partial charge >= 0.3 is 0 Å². The Morgan fingerprint density at radius 3 is 2.42 bits per heavy atom. The van der Waals surface area contributed by atoms with Crippen LogP contribution in [0.1, 0.15) is 25.7 Å². The van der Waals surface area contributed by atoms with E-state index in [2.05, 4.69) is 21.1 Å². The van der Waals surface area contributed by atoms with Crippen molar-refractivity contribution in [2.45, 2.75) is 25.7 Å². The van der Waals surface area contributed by atoms with E-state index in [1.165, 1.54) is 31.4 Å². The van der Waals surface area contributed by atoms with Gasteiger partial charge in [-0.2, -0.15) is 0 Å². The van der Waals surface area contributed by atoms with E-state index in [0.29, 0.717) is 0 Å². The molecule has 0 aromatic heterocycles. The van der Waals surface area contributed by atoms with E-state index in [9.17, 15) is 0 Å². The molecule has 2 nitrogen and oxygen atoms in total. The lowest BCUT2D eigenvalue weighted by Crippen LogP contribution is -2.30. The van der Waals surface area contributed by atoms with E-state index < -0.39 is 0 Å². The summed E-state index contributed by atoms with van der Waals surface area (Å²) in [6.45, 7) is 0. The Morgan fingerprint density at radius 1 is 1.25 bits per heavy atom. The highest BCUT2D eigenvalue weighted by Crippen LogP contribution is 2.42. The number of quaternary nitrogens is 1. The van der Waals surface area contributed by atoms with Crippen LogP contribution in [0, 0.1) is 11.8 Å². The Bertz CT molecular complexity index is 212. The van der Waals surface area contributed by atoms with Crippen molar-refractivity contribution in [2.24, 2.45) is 16.9 Å². The molecule has 68 valence electrons. The minimum absolute atomic E-state index is 0.749. The number of nitrogens with zero attached hydrogens (tertiary/aromatic N) is 2. The number of hydrogen-bond acceptors (Lipinski definition) is 1. The van der Waals surface area contributed by atoms with Gasteiger partial charge in [-0.15, -0.1) is 0 Å². The zero-order valence-electron chi connectivity index (χ0n) is 8.38. The summed E-state index contributed by atoms with van der Waals surface area (Å²) in [6, 6.07) is 0. The van der Waals surface area contributed by atoms with Gasteiger partial charge in [0.05, 0.1) is 26.9 Å². The van der Waals surface area contributed by atoms with Crippen molar-refractivity contribution in [2.75, 3.05) is 21.1 Å². The molecule has 0 N–H and O–H groups in total. The zero-order valence-corrected chi connectivity index (χ0v) is 8.38. The van der Waals surface area contributed by atoms with Gasteiger partial charge in [-0.05, 0) is 31.6 Å². The summed E-state index contributed by atoms with van der Waals surface area (Å²) in [6.07, 6.45) is 5.59. The van der Waals surface area contributed by atoms with Crippen molar-refractivity contribution >= 4 is 5.71 Å². The van der Waals surface area contributed by atoms with Crippen LogP contribution in [0.2, 0.25) is 0 Å². The summed E-state index contributed by atoms with van der Waals surface area (Å²) in [7, 11) is 6.41. The van der Waals surface area contributed by atoms with E-state index in [-0.39, 0.29) is 0 Å². The van der Waals surface area contributed by atoms with Gasteiger partial charge in [0.15, 0.2) is 0 Å².